The first-order valence-electron chi connectivity index (χ1n) is 8.99. The molecule has 5 nitrogen and oxygen atoms in total. The molecule has 0 saturated carbocycles. The van der Waals surface area contributed by atoms with E-state index in [0.29, 0.717) is 12.1 Å². The van der Waals surface area contributed by atoms with Gasteiger partial charge in [-0.05, 0) is 18.9 Å². The second-order valence-corrected chi connectivity index (χ2v) is 6.80. The van der Waals surface area contributed by atoms with Crippen molar-refractivity contribution in [3.05, 3.63) is 76.7 Å². The fourth-order valence-corrected chi connectivity index (χ4v) is 3.59. The Morgan fingerprint density at radius 2 is 1.69 bits per heavy atom. The lowest BCUT2D eigenvalue weighted by Crippen LogP contribution is -2.40. The van der Waals surface area contributed by atoms with Crippen LogP contribution in [-0.4, -0.2) is 33.6 Å². The molecule has 0 unspecified atom stereocenters. The molecule has 4 rings (SSSR count). The Labute approximate surface area is 151 Å². The molecule has 1 aliphatic heterocycles. The number of piperidine rings is 1. The summed E-state index contributed by atoms with van der Waals surface area (Å²) in [5.41, 5.74) is 0.726. The minimum atomic E-state index is -0.0643. The second-order valence-electron chi connectivity index (χ2n) is 6.80. The average Bonchev–Trinajstić information content (AvgIpc) is 2.71. The normalized spacial score (nSPS) is 16.0. The Morgan fingerprint density at radius 3 is 2.46 bits per heavy atom. The zero-order valence-corrected chi connectivity index (χ0v) is 14.5. The first-order chi connectivity index (χ1) is 12.7. The van der Waals surface area contributed by atoms with Crippen molar-refractivity contribution in [1.29, 1.82) is 0 Å². The maximum Gasteiger partial charge on any atom is 0.275 e. The van der Waals surface area contributed by atoms with Gasteiger partial charge < -0.3 is 0 Å². The monoisotopic (exact) mass is 347 g/mol. The van der Waals surface area contributed by atoms with Crippen LogP contribution >= 0.6 is 0 Å². The minimum absolute atomic E-state index is 0.0643. The molecule has 0 spiro atoms. The molecule has 5 heteroatoms. The van der Waals surface area contributed by atoms with Crippen molar-refractivity contribution >= 4 is 16.6 Å². The number of hydrogen-bond acceptors (Lipinski definition) is 4. The molecular formula is C21H21N3O2. The second kappa shape index (κ2) is 7.22. The molecule has 3 aromatic rings. The Morgan fingerprint density at radius 1 is 1.00 bits per heavy atom. The first-order valence-corrected chi connectivity index (χ1v) is 8.99. The van der Waals surface area contributed by atoms with Crippen molar-refractivity contribution in [3.8, 4) is 0 Å². The van der Waals surface area contributed by atoms with Gasteiger partial charge in [-0.2, -0.15) is 5.10 Å². The fraction of sp³-hybridized carbons (Fsp3) is 0.286. The van der Waals surface area contributed by atoms with E-state index in [9.17, 15) is 9.59 Å². The molecule has 2 aromatic carbocycles. The summed E-state index contributed by atoms with van der Waals surface area (Å²) in [7, 11) is 0. The third-order valence-corrected chi connectivity index (χ3v) is 5.11. The van der Waals surface area contributed by atoms with Gasteiger partial charge in [0, 0.05) is 30.0 Å². The van der Waals surface area contributed by atoms with Gasteiger partial charge in [0.1, 0.15) is 0 Å². The molecule has 132 valence electrons. The van der Waals surface area contributed by atoms with Gasteiger partial charge in [0.05, 0.1) is 18.3 Å². The number of rotatable bonds is 4. The highest BCUT2D eigenvalue weighted by atomic mass is 16.1. The van der Waals surface area contributed by atoms with E-state index in [2.05, 4.69) is 10.00 Å². The third-order valence-electron chi connectivity index (χ3n) is 5.11. The summed E-state index contributed by atoms with van der Waals surface area (Å²) in [5.74, 6) is 0.293. The van der Waals surface area contributed by atoms with E-state index in [0.717, 1.165) is 36.9 Å². The summed E-state index contributed by atoms with van der Waals surface area (Å²) in [6.07, 6.45) is 3.37. The predicted molar refractivity (Wildman–Crippen MR) is 101 cm³/mol. The van der Waals surface area contributed by atoms with Crippen molar-refractivity contribution < 1.29 is 4.79 Å². The molecule has 0 aliphatic carbocycles. The van der Waals surface area contributed by atoms with Crippen LogP contribution in [0.4, 0.5) is 0 Å². The summed E-state index contributed by atoms with van der Waals surface area (Å²) in [5, 5.41) is 5.85. The molecular weight excluding hydrogens is 326 g/mol. The largest absolute Gasteiger partial charge is 0.294 e. The maximum absolute atomic E-state index is 12.6. The molecule has 0 amide bonds. The zero-order valence-electron chi connectivity index (χ0n) is 14.5. The summed E-state index contributed by atoms with van der Waals surface area (Å²) >= 11 is 0. The molecule has 1 aromatic heterocycles. The SMILES string of the molecule is O=C(c1ccccc1)C1CCN(Cn2ncc3ccccc3c2=O)CC1. The van der Waals surface area contributed by atoms with Gasteiger partial charge in [-0.3, -0.25) is 14.5 Å². The highest BCUT2D eigenvalue weighted by molar-refractivity contribution is 5.97. The van der Waals surface area contributed by atoms with Crippen LogP contribution in [0, 0.1) is 5.92 Å². The van der Waals surface area contributed by atoms with Crippen molar-refractivity contribution in [2.24, 2.45) is 5.92 Å². The quantitative estimate of drug-likeness (QED) is 0.681. The Bertz CT molecular complexity index is 973. The number of likely N-dealkylation sites (tertiary alicyclic amines) is 1. The maximum atomic E-state index is 12.6. The first kappa shape index (κ1) is 16.7. The van der Waals surface area contributed by atoms with Crippen molar-refractivity contribution in [2.75, 3.05) is 13.1 Å². The lowest BCUT2D eigenvalue weighted by atomic mass is 9.89. The Hall–Kier alpha value is -2.79. The van der Waals surface area contributed by atoms with Crippen LogP contribution in [0.25, 0.3) is 10.8 Å². The Balaban J connectivity index is 1.42. The lowest BCUT2D eigenvalue weighted by molar-refractivity contribution is 0.0802. The van der Waals surface area contributed by atoms with Crippen molar-refractivity contribution in [3.63, 3.8) is 0 Å². The molecule has 1 saturated heterocycles. The van der Waals surface area contributed by atoms with E-state index in [1.165, 1.54) is 4.68 Å². The average molecular weight is 347 g/mol. The van der Waals surface area contributed by atoms with Gasteiger partial charge in [-0.1, -0.05) is 48.5 Å². The number of carbonyl (C=O) groups is 1. The standard InChI is InChI=1S/C21H21N3O2/c25-20(16-6-2-1-3-7-16)17-10-12-23(13-11-17)15-24-21(26)19-9-5-4-8-18(19)14-22-24/h1-9,14,17H,10-13,15H2. The van der Waals surface area contributed by atoms with E-state index in [-0.39, 0.29) is 17.3 Å². The van der Waals surface area contributed by atoms with Crippen LogP contribution in [0.1, 0.15) is 23.2 Å². The van der Waals surface area contributed by atoms with Crippen LogP contribution in [0.3, 0.4) is 0 Å². The highest BCUT2D eigenvalue weighted by Gasteiger charge is 2.26. The van der Waals surface area contributed by atoms with E-state index in [4.69, 9.17) is 0 Å². The molecule has 26 heavy (non-hydrogen) atoms. The molecule has 0 bridgehead atoms. The number of hydrogen-bond donors (Lipinski definition) is 0. The third kappa shape index (κ3) is 3.30. The number of aromatic nitrogens is 2. The molecule has 0 atom stereocenters. The molecule has 1 aliphatic rings. The van der Waals surface area contributed by atoms with Gasteiger partial charge >= 0.3 is 0 Å². The zero-order chi connectivity index (χ0) is 17.9. The number of nitrogens with zero attached hydrogens (tertiary/aromatic N) is 3. The Kier molecular flexibility index (Phi) is 4.63. The summed E-state index contributed by atoms with van der Waals surface area (Å²) in [4.78, 5) is 27.4. The summed E-state index contributed by atoms with van der Waals surface area (Å²) < 4.78 is 1.52. The topological polar surface area (TPSA) is 55.2 Å². The summed E-state index contributed by atoms with van der Waals surface area (Å²) in [6.45, 7) is 2.06. The number of carbonyl (C=O) groups excluding carboxylic acids is 1. The fourth-order valence-electron chi connectivity index (χ4n) is 3.59. The van der Waals surface area contributed by atoms with Crippen LogP contribution in [0.2, 0.25) is 0 Å². The number of ketones is 1. The molecule has 0 N–H and O–H groups in total. The van der Waals surface area contributed by atoms with E-state index < -0.39 is 0 Å². The number of benzene rings is 2. The van der Waals surface area contributed by atoms with Crippen molar-refractivity contribution in [1.82, 2.24) is 14.7 Å². The van der Waals surface area contributed by atoms with Crippen molar-refractivity contribution in [2.45, 2.75) is 19.5 Å². The molecule has 0 radical (unpaired) electrons. The van der Waals surface area contributed by atoms with E-state index in [1.54, 1.807) is 6.20 Å². The number of fused-ring (bicyclic) bond motifs is 1. The van der Waals surface area contributed by atoms with E-state index in [1.807, 2.05) is 54.6 Å². The van der Waals surface area contributed by atoms with Crippen LogP contribution in [-0.2, 0) is 6.67 Å². The van der Waals surface area contributed by atoms with Gasteiger partial charge in [0.2, 0.25) is 0 Å². The predicted octanol–water partition coefficient (Wildman–Crippen LogP) is 2.95. The smallest absolute Gasteiger partial charge is 0.275 e. The van der Waals surface area contributed by atoms with Crippen LogP contribution in [0.15, 0.2) is 65.6 Å². The van der Waals surface area contributed by atoms with Crippen LogP contribution in [0.5, 0.6) is 0 Å². The number of Topliss-reactive ketones (excluding diaryl/α,β-unsaturated/α-hetero) is 1. The van der Waals surface area contributed by atoms with Gasteiger partial charge in [-0.25, -0.2) is 4.68 Å². The van der Waals surface area contributed by atoms with E-state index >= 15 is 0 Å². The van der Waals surface area contributed by atoms with Gasteiger partial charge in [0.15, 0.2) is 5.78 Å². The highest BCUT2D eigenvalue weighted by Crippen LogP contribution is 2.22. The lowest BCUT2D eigenvalue weighted by Gasteiger charge is -2.31. The van der Waals surface area contributed by atoms with Gasteiger partial charge in [0.25, 0.3) is 5.56 Å². The van der Waals surface area contributed by atoms with Crippen LogP contribution < -0.4 is 5.56 Å². The molecule has 2 heterocycles. The van der Waals surface area contributed by atoms with Gasteiger partial charge in [-0.15, -0.1) is 0 Å². The molecule has 1 fully saturated rings. The minimum Gasteiger partial charge on any atom is -0.294 e. The summed E-state index contributed by atoms with van der Waals surface area (Å²) in [6, 6.07) is 17.0.